The molecule has 0 aliphatic heterocycles. The number of para-hydroxylation sites is 1. The minimum absolute atomic E-state index is 0.0802. The van der Waals surface area contributed by atoms with Crippen LogP contribution in [0.1, 0.15) is 29.3 Å². The molecule has 1 amide bonds. The Balaban J connectivity index is 2.03. The molecule has 0 saturated carbocycles. The predicted molar refractivity (Wildman–Crippen MR) is 92.9 cm³/mol. The number of ketones is 1. The number of amides is 1. The molecule has 0 bridgehead atoms. The summed E-state index contributed by atoms with van der Waals surface area (Å²) in [6.45, 7) is 1.48. The first-order chi connectivity index (χ1) is 11.5. The van der Waals surface area contributed by atoms with Gasteiger partial charge in [-0.1, -0.05) is 12.1 Å². The van der Waals surface area contributed by atoms with Crippen molar-refractivity contribution in [3.63, 3.8) is 0 Å². The first-order valence-corrected chi connectivity index (χ1v) is 7.65. The highest BCUT2D eigenvalue weighted by Crippen LogP contribution is 2.23. The number of nitrogens with one attached hydrogen (secondary N) is 1. The molecule has 0 saturated heterocycles. The number of benzene rings is 2. The molecule has 2 aromatic rings. The maximum atomic E-state index is 12.2. The van der Waals surface area contributed by atoms with Gasteiger partial charge in [-0.05, 0) is 43.2 Å². The fourth-order valence-corrected chi connectivity index (χ4v) is 2.38. The molecule has 0 spiro atoms. The minimum Gasteiger partial charge on any atom is -0.497 e. The number of methoxy groups -OCH3 is 2. The Bertz CT molecular complexity index is 718. The van der Waals surface area contributed by atoms with Gasteiger partial charge in [0.1, 0.15) is 11.5 Å². The van der Waals surface area contributed by atoms with Crippen LogP contribution in [0.2, 0.25) is 0 Å². The number of hydrogen-bond donors (Lipinski definition) is 1. The van der Waals surface area contributed by atoms with Gasteiger partial charge >= 0.3 is 0 Å². The van der Waals surface area contributed by atoms with Crippen LogP contribution in [0.3, 0.4) is 0 Å². The summed E-state index contributed by atoms with van der Waals surface area (Å²) in [5.41, 5.74) is 1.99. The highest BCUT2D eigenvalue weighted by Gasteiger charge is 2.10. The molecule has 0 heterocycles. The second-order valence-corrected chi connectivity index (χ2v) is 5.37. The molecule has 0 aliphatic rings. The molecule has 5 heteroatoms. The van der Waals surface area contributed by atoms with Crippen LogP contribution in [0.15, 0.2) is 42.5 Å². The number of hydrogen-bond acceptors (Lipinski definition) is 4. The monoisotopic (exact) mass is 327 g/mol. The zero-order valence-corrected chi connectivity index (χ0v) is 14.1. The van der Waals surface area contributed by atoms with E-state index in [9.17, 15) is 9.59 Å². The molecule has 126 valence electrons. The summed E-state index contributed by atoms with van der Waals surface area (Å²) in [5, 5.41) is 2.80. The minimum atomic E-state index is -0.148. The van der Waals surface area contributed by atoms with E-state index >= 15 is 0 Å². The van der Waals surface area contributed by atoms with Crippen LogP contribution in [0.25, 0.3) is 0 Å². The van der Waals surface area contributed by atoms with Crippen LogP contribution in [0.5, 0.6) is 11.5 Å². The molecule has 1 N–H and O–H groups in total. The van der Waals surface area contributed by atoms with Gasteiger partial charge in [0.2, 0.25) is 5.91 Å². The molecule has 2 aromatic carbocycles. The maximum absolute atomic E-state index is 12.2. The maximum Gasteiger partial charge on any atom is 0.224 e. The van der Waals surface area contributed by atoms with Crippen molar-refractivity contribution in [1.29, 1.82) is 0 Å². The third-order valence-electron chi connectivity index (χ3n) is 3.63. The van der Waals surface area contributed by atoms with Gasteiger partial charge in [0, 0.05) is 18.1 Å². The van der Waals surface area contributed by atoms with Gasteiger partial charge in [-0.3, -0.25) is 9.59 Å². The number of ether oxygens (including phenoxy) is 2. The van der Waals surface area contributed by atoms with Crippen LogP contribution in [-0.4, -0.2) is 25.9 Å². The van der Waals surface area contributed by atoms with Gasteiger partial charge < -0.3 is 14.8 Å². The fraction of sp³-hybridized carbons (Fsp3) is 0.263. The second-order valence-electron chi connectivity index (χ2n) is 5.37. The highest BCUT2D eigenvalue weighted by molar-refractivity contribution is 6.03. The summed E-state index contributed by atoms with van der Waals surface area (Å²) in [6.07, 6.45) is 0.837. The molecule has 0 fully saturated rings. The lowest BCUT2D eigenvalue weighted by atomic mass is 10.1. The summed E-state index contributed by atoms with van der Waals surface area (Å²) in [5.74, 6) is 1.15. The SMILES string of the molecule is COc1cc(CCC(=O)Nc2ccccc2C(C)=O)cc(OC)c1. The summed E-state index contributed by atoms with van der Waals surface area (Å²) in [4.78, 5) is 23.8. The van der Waals surface area contributed by atoms with Gasteiger partial charge in [-0.25, -0.2) is 0 Å². The molecule has 0 unspecified atom stereocenters. The van der Waals surface area contributed by atoms with E-state index in [0.717, 1.165) is 5.56 Å². The van der Waals surface area contributed by atoms with Crippen LogP contribution in [-0.2, 0) is 11.2 Å². The topological polar surface area (TPSA) is 64.6 Å². The number of carbonyl (C=O) groups is 2. The van der Waals surface area contributed by atoms with Crippen LogP contribution < -0.4 is 14.8 Å². The first-order valence-electron chi connectivity index (χ1n) is 7.65. The number of anilines is 1. The first kappa shape index (κ1) is 17.5. The average Bonchev–Trinajstić information content (AvgIpc) is 2.59. The number of rotatable bonds is 7. The van der Waals surface area contributed by atoms with Crippen LogP contribution in [0.4, 0.5) is 5.69 Å². The van der Waals surface area contributed by atoms with E-state index in [1.807, 2.05) is 12.1 Å². The molecule has 0 atom stereocenters. The normalized spacial score (nSPS) is 10.1. The van der Waals surface area contributed by atoms with E-state index in [2.05, 4.69) is 5.32 Å². The van der Waals surface area contributed by atoms with E-state index in [0.29, 0.717) is 35.6 Å². The lowest BCUT2D eigenvalue weighted by Crippen LogP contribution is -2.14. The lowest BCUT2D eigenvalue weighted by Gasteiger charge is -2.10. The Kier molecular flexibility index (Phi) is 5.95. The number of Topliss-reactive ketones (excluding diaryl/α,β-unsaturated/α-hetero) is 1. The van der Waals surface area contributed by atoms with Crippen molar-refractivity contribution < 1.29 is 19.1 Å². The smallest absolute Gasteiger partial charge is 0.224 e. The summed E-state index contributed by atoms with van der Waals surface area (Å²) in [7, 11) is 3.17. The Morgan fingerprint density at radius 3 is 2.21 bits per heavy atom. The van der Waals surface area contributed by atoms with E-state index in [-0.39, 0.29) is 11.7 Å². The van der Waals surface area contributed by atoms with E-state index in [1.165, 1.54) is 6.92 Å². The van der Waals surface area contributed by atoms with Gasteiger partial charge in [-0.15, -0.1) is 0 Å². The van der Waals surface area contributed by atoms with Crippen molar-refractivity contribution in [2.75, 3.05) is 19.5 Å². The van der Waals surface area contributed by atoms with Gasteiger partial charge in [-0.2, -0.15) is 0 Å². The summed E-state index contributed by atoms with van der Waals surface area (Å²) in [6, 6.07) is 12.5. The molecule has 2 rings (SSSR count). The largest absolute Gasteiger partial charge is 0.497 e. The van der Waals surface area contributed by atoms with Crippen molar-refractivity contribution in [3.8, 4) is 11.5 Å². The highest BCUT2D eigenvalue weighted by atomic mass is 16.5. The third-order valence-corrected chi connectivity index (χ3v) is 3.63. The van der Waals surface area contributed by atoms with Gasteiger partial charge in [0.25, 0.3) is 0 Å². The van der Waals surface area contributed by atoms with E-state index < -0.39 is 0 Å². The average molecular weight is 327 g/mol. The Morgan fingerprint density at radius 1 is 1.00 bits per heavy atom. The van der Waals surface area contributed by atoms with Crippen molar-refractivity contribution in [1.82, 2.24) is 0 Å². The quantitative estimate of drug-likeness (QED) is 0.791. The number of aryl methyl sites for hydroxylation is 1. The van der Waals surface area contributed by atoms with Crippen molar-refractivity contribution in [2.24, 2.45) is 0 Å². The third kappa shape index (κ3) is 4.59. The summed E-state index contributed by atoms with van der Waals surface area (Å²) >= 11 is 0. The second kappa shape index (κ2) is 8.15. The zero-order chi connectivity index (χ0) is 17.5. The van der Waals surface area contributed by atoms with Crippen molar-refractivity contribution in [2.45, 2.75) is 19.8 Å². The zero-order valence-electron chi connectivity index (χ0n) is 14.1. The van der Waals surface area contributed by atoms with Crippen LogP contribution >= 0.6 is 0 Å². The molecule has 24 heavy (non-hydrogen) atoms. The Hall–Kier alpha value is -2.82. The van der Waals surface area contributed by atoms with Crippen molar-refractivity contribution in [3.05, 3.63) is 53.6 Å². The molecule has 0 aliphatic carbocycles. The Labute approximate surface area is 141 Å². The molecule has 0 aromatic heterocycles. The van der Waals surface area contributed by atoms with Crippen molar-refractivity contribution >= 4 is 17.4 Å². The lowest BCUT2D eigenvalue weighted by molar-refractivity contribution is -0.116. The fourth-order valence-electron chi connectivity index (χ4n) is 2.38. The molecular weight excluding hydrogens is 306 g/mol. The van der Waals surface area contributed by atoms with Crippen LogP contribution in [0, 0.1) is 0 Å². The van der Waals surface area contributed by atoms with Gasteiger partial charge in [0.15, 0.2) is 5.78 Å². The predicted octanol–water partition coefficient (Wildman–Crippen LogP) is 3.48. The Morgan fingerprint density at radius 2 is 1.62 bits per heavy atom. The molecular formula is C19H21NO4. The molecule has 0 radical (unpaired) electrons. The molecule has 5 nitrogen and oxygen atoms in total. The van der Waals surface area contributed by atoms with E-state index in [4.69, 9.17) is 9.47 Å². The number of carbonyl (C=O) groups excluding carboxylic acids is 2. The van der Waals surface area contributed by atoms with Gasteiger partial charge in [0.05, 0.1) is 19.9 Å². The standard InChI is InChI=1S/C19H21NO4/c1-13(21)17-6-4-5-7-18(17)20-19(22)9-8-14-10-15(23-2)12-16(11-14)24-3/h4-7,10-12H,8-9H2,1-3H3,(H,20,22). The van der Waals surface area contributed by atoms with E-state index in [1.54, 1.807) is 44.6 Å². The summed E-state index contributed by atoms with van der Waals surface area (Å²) < 4.78 is 10.4.